The van der Waals surface area contributed by atoms with E-state index in [2.05, 4.69) is 106 Å². The van der Waals surface area contributed by atoms with Gasteiger partial charge < -0.3 is 14.2 Å². The molecule has 0 heterocycles. The molecule has 0 aromatic carbocycles. The largest absolute Gasteiger partial charge is 0.462 e. The highest BCUT2D eigenvalue weighted by Crippen LogP contribution is 2.14. The molecule has 0 N–H and O–H groups in total. The number of hydrogen-bond acceptors (Lipinski definition) is 6. The standard InChI is InChI=1S/C60H102O6/c1-4-7-10-13-16-19-22-24-26-28-29-30-31-32-34-35-38-41-44-47-50-53-59(62)65-56-57(55-64-58(61)52-49-46-43-40-37-21-18-15-12-9-6-3)66-60(63)54-51-48-45-42-39-36-33-27-25-23-20-17-14-11-8-5-2/h7,10,15-16,18-20,23-24,26-27,29-30,33,57H,4-6,8-9,11-14,17,21-22,25,28,31-32,34-56H2,1-3H3/b10-7-,18-15-,19-16-,23-20-,26-24-,30-29-,33-27-. The van der Waals surface area contributed by atoms with Crippen molar-refractivity contribution >= 4 is 17.9 Å². The zero-order chi connectivity index (χ0) is 47.9. The second kappa shape index (κ2) is 54.2. The molecular weight excluding hydrogens is 817 g/mol. The monoisotopic (exact) mass is 919 g/mol. The maximum absolute atomic E-state index is 12.8. The van der Waals surface area contributed by atoms with E-state index < -0.39 is 6.10 Å². The van der Waals surface area contributed by atoms with E-state index in [1.54, 1.807) is 0 Å². The Labute approximate surface area is 407 Å². The van der Waals surface area contributed by atoms with Crippen LogP contribution in [0.25, 0.3) is 0 Å². The summed E-state index contributed by atoms with van der Waals surface area (Å²) in [4.78, 5) is 38.0. The number of rotatable bonds is 49. The minimum absolute atomic E-state index is 0.0894. The molecule has 0 aromatic heterocycles. The molecule has 0 radical (unpaired) electrons. The van der Waals surface area contributed by atoms with Gasteiger partial charge in [-0.15, -0.1) is 0 Å². The van der Waals surface area contributed by atoms with Crippen molar-refractivity contribution in [1.29, 1.82) is 0 Å². The van der Waals surface area contributed by atoms with Gasteiger partial charge >= 0.3 is 17.9 Å². The van der Waals surface area contributed by atoms with E-state index in [0.717, 1.165) is 122 Å². The molecule has 0 aliphatic rings. The first-order valence-electron chi connectivity index (χ1n) is 27.6. The van der Waals surface area contributed by atoms with Gasteiger partial charge in [-0.2, -0.15) is 0 Å². The van der Waals surface area contributed by atoms with E-state index >= 15 is 0 Å². The molecule has 378 valence electrons. The van der Waals surface area contributed by atoms with Crippen LogP contribution in [-0.4, -0.2) is 37.2 Å². The zero-order valence-electron chi connectivity index (χ0n) is 43.2. The Morgan fingerprint density at radius 2 is 0.606 bits per heavy atom. The van der Waals surface area contributed by atoms with E-state index in [1.165, 1.54) is 96.3 Å². The number of carbonyl (C=O) groups is 3. The van der Waals surface area contributed by atoms with Crippen LogP contribution in [0.5, 0.6) is 0 Å². The van der Waals surface area contributed by atoms with Crippen molar-refractivity contribution in [2.75, 3.05) is 13.2 Å². The van der Waals surface area contributed by atoms with Crippen LogP contribution in [-0.2, 0) is 28.6 Å². The second-order valence-electron chi connectivity index (χ2n) is 18.1. The molecule has 0 amide bonds. The highest BCUT2D eigenvalue weighted by atomic mass is 16.6. The fourth-order valence-electron chi connectivity index (χ4n) is 7.44. The van der Waals surface area contributed by atoms with E-state index in [-0.39, 0.29) is 31.1 Å². The van der Waals surface area contributed by atoms with Gasteiger partial charge in [0, 0.05) is 19.3 Å². The van der Waals surface area contributed by atoms with Crippen molar-refractivity contribution in [2.45, 2.75) is 264 Å². The third-order valence-electron chi connectivity index (χ3n) is 11.6. The Hall–Kier alpha value is -3.41. The van der Waals surface area contributed by atoms with Crippen LogP contribution in [0.2, 0.25) is 0 Å². The summed E-state index contributed by atoms with van der Waals surface area (Å²) in [5, 5.41) is 0. The lowest BCUT2D eigenvalue weighted by Gasteiger charge is -2.18. The molecule has 0 bridgehead atoms. The molecule has 0 fully saturated rings. The van der Waals surface area contributed by atoms with Gasteiger partial charge in [-0.05, 0) is 109 Å². The summed E-state index contributed by atoms with van der Waals surface area (Å²) in [7, 11) is 0. The summed E-state index contributed by atoms with van der Waals surface area (Å²) >= 11 is 0. The van der Waals surface area contributed by atoms with Crippen LogP contribution in [0.4, 0.5) is 0 Å². The van der Waals surface area contributed by atoms with Gasteiger partial charge in [-0.1, -0.05) is 215 Å². The van der Waals surface area contributed by atoms with Crippen molar-refractivity contribution in [3.05, 3.63) is 85.1 Å². The van der Waals surface area contributed by atoms with E-state index in [0.29, 0.717) is 19.3 Å². The lowest BCUT2D eigenvalue weighted by Crippen LogP contribution is -2.30. The summed E-state index contributed by atoms with van der Waals surface area (Å²) in [6, 6.07) is 0. The van der Waals surface area contributed by atoms with Gasteiger partial charge in [-0.25, -0.2) is 0 Å². The van der Waals surface area contributed by atoms with Gasteiger partial charge in [-0.3, -0.25) is 14.4 Å². The van der Waals surface area contributed by atoms with Gasteiger partial charge in [0.05, 0.1) is 0 Å². The molecule has 1 atom stereocenters. The smallest absolute Gasteiger partial charge is 0.306 e. The minimum Gasteiger partial charge on any atom is -0.462 e. The first-order chi connectivity index (χ1) is 32.5. The van der Waals surface area contributed by atoms with Crippen LogP contribution in [0.15, 0.2) is 85.1 Å². The van der Waals surface area contributed by atoms with Gasteiger partial charge in [0.15, 0.2) is 6.10 Å². The topological polar surface area (TPSA) is 78.9 Å². The number of carbonyl (C=O) groups excluding carboxylic acids is 3. The third-order valence-corrected chi connectivity index (χ3v) is 11.6. The average Bonchev–Trinajstić information content (AvgIpc) is 3.31. The van der Waals surface area contributed by atoms with Crippen LogP contribution in [0, 0.1) is 0 Å². The molecule has 0 saturated heterocycles. The van der Waals surface area contributed by atoms with E-state index in [1.807, 2.05) is 0 Å². The first-order valence-corrected chi connectivity index (χ1v) is 27.6. The van der Waals surface area contributed by atoms with Crippen LogP contribution in [0.3, 0.4) is 0 Å². The van der Waals surface area contributed by atoms with Gasteiger partial charge in [0.2, 0.25) is 0 Å². The Balaban J connectivity index is 4.37. The van der Waals surface area contributed by atoms with Crippen molar-refractivity contribution in [1.82, 2.24) is 0 Å². The van der Waals surface area contributed by atoms with Crippen LogP contribution < -0.4 is 0 Å². The second-order valence-corrected chi connectivity index (χ2v) is 18.1. The Bertz CT molecular complexity index is 1290. The van der Waals surface area contributed by atoms with E-state index in [9.17, 15) is 14.4 Å². The lowest BCUT2D eigenvalue weighted by molar-refractivity contribution is -0.167. The molecule has 0 spiro atoms. The highest BCUT2D eigenvalue weighted by Gasteiger charge is 2.19. The maximum atomic E-state index is 12.8. The summed E-state index contributed by atoms with van der Waals surface area (Å²) in [6.07, 6.45) is 70.0. The number of allylic oxidation sites excluding steroid dienone is 14. The summed E-state index contributed by atoms with van der Waals surface area (Å²) in [5.74, 6) is -0.918. The SMILES string of the molecule is CC/C=C\C/C=C\C/C=C\C/C=C\CCCCCCCCCCC(=O)OCC(COC(=O)CCCCCCC/C=C\CCCC)OC(=O)CCCCCCC/C=C\C/C=C\CCCCCC. The summed E-state index contributed by atoms with van der Waals surface area (Å²) in [5.41, 5.74) is 0. The highest BCUT2D eigenvalue weighted by molar-refractivity contribution is 5.71. The van der Waals surface area contributed by atoms with Crippen molar-refractivity contribution in [2.24, 2.45) is 0 Å². The molecule has 1 unspecified atom stereocenters. The molecule has 0 aliphatic carbocycles. The number of esters is 3. The number of ether oxygens (including phenoxy) is 3. The minimum atomic E-state index is -0.790. The van der Waals surface area contributed by atoms with Crippen molar-refractivity contribution in [3.8, 4) is 0 Å². The number of hydrogen-bond donors (Lipinski definition) is 0. The maximum Gasteiger partial charge on any atom is 0.306 e. The quantitative estimate of drug-likeness (QED) is 0.0262. The third kappa shape index (κ3) is 51.6. The Morgan fingerprint density at radius 1 is 0.318 bits per heavy atom. The van der Waals surface area contributed by atoms with Gasteiger partial charge in [0.1, 0.15) is 13.2 Å². The van der Waals surface area contributed by atoms with Crippen molar-refractivity contribution in [3.63, 3.8) is 0 Å². The normalized spacial score (nSPS) is 12.7. The predicted molar refractivity (Wildman–Crippen MR) is 284 cm³/mol. The first kappa shape index (κ1) is 62.6. The fourth-order valence-corrected chi connectivity index (χ4v) is 7.44. The summed E-state index contributed by atoms with van der Waals surface area (Å²) in [6.45, 7) is 6.45. The summed E-state index contributed by atoms with van der Waals surface area (Å²) < 4.78 is 16.8. The molecule has 0 saturated carbocycles. The van der Waals surface area contributed by atoms with Crippen LogP contribution in [0.1, 0.15) is 258 Å². The molecule has 6 nitrogen and oxygen atoms in total. The molecule has 6 heteroatoms. The lowest BCUT2D eigenvalue weighted by atomic mass is 10.1. The molecular formula is C60H102O6. The van der Waals surface area contributed by atoms with Crippen molar-refractivity contribution < 1.29 is 28.6 Å². The Kier molecular flexibility index (Phi) is 51.4. The van der Waals surface area contributed by atoms with E-state index in [4.69, 9.17) is 14.2 Å². The molecule has 0 aliphatic heterocycles. The predicted octanol–water partition coefficient (Wildman–Crippen LogP) is 18.4. The van der Waals surface area contributed by atoms with Crippen LogP contribution >= 0.6 is 0 Å². The molecule has 0 rings (SSSR count). The fraction of sp³-hybridized carbons (Fsp3) is 0.717. The number of unbranched alkanes of at least 4 members (excludes halogenated alkanes) is 24. The Morgan fingerprint density at radius 3 is 0.985 bits per heavy atom. The zero-order valence-corrected chi connectivity index (χ0v) is 43.2. The van der Waals surface area contributed by atoms with Gasteiger partial charge in [0.25, 0.3) is 0 Å². The molecule has 66 heavy (non-hydrogen) atoms. The molecule has 0 aromatic rings. The average molecular weight is 919 g/mol.